The van der Waals surface area contributed by atoms with Crippen LogP contribution in [0.1, 0.15) is 37.0 Å². The zero-order valence-electron chi connectivity index (χ0n) is 18.9. The molecule has 2 rings (SSSR count). The Morgan fingerprint density at radius 3 is 2.12 bits per heavy atom. The number of halogens is 1. The van der Waals surface area contributed by atoms with E-state index in [1.165, 1.54) is 14.2 Å². The highest BCUT2D eigenvalue weighted by molar-refractivity contribution is 6.30. The third-order valence-corrected chi connectivity index (χ3v) is 5.05. The number of unbranched alkanes of at least 4 members (excludes halogenated alkanes) is 1. The molecule has 0 aromatic heterocycles. The molecule has 32 heavy (non-hydrogen) atoms. The van der Waals surface area contributed by atoms with E-state index in [-0.39, 0.29) is 17.7 Å². The molecule has 1 atom stereocenters. The van der Waals surface area contributed by atoms with Crippen molar-refractivity contribution < 1.29 is 23.8 Å². The zero-order valence-corrected chi connectivity index (χ0v) is 19.7. The highest BCUT2D eigenvalue weighted by Gasteiger charge is 2.24. The Labute approximate surface area is 194 Å². The molecule has 0 aliphatic rings. The van der Waals surface area contributed by atoms with E-state index < -0.39 is 6.04 Å². The number of amides is 2. The topological polar surface area (TPSA) is 85.9 Å². The predicted molar refractivity (Wildman–Crippen MR) is 125 cm³/mol. The number of rotatable bonds is 12. The van der Waals surface area contributed by atoms with Gasteiger partial charge in [0.2, 0.25) is 5.91 Å². The molecular formula is C24H31ClN2O5. The third kappa shape index (κ3) is 7.96. The Kier molecular flexibility index (Phi) is 10.1. The second-order valence-corrected chi connectivity index (χ2v) is 8.03. The molecule has 0 aliphatic heterocycles. The second-order valence-electron chi connectivity index (χ2n) is 7.60. The van der Waals surface area contributed by atoms with E-state index in [1.54, 1.807) is 30.3 Å². The zero-order chi connectivity index (χ0) is 23.5. The smallest absolute Gasteiger partial charge is 0.252 e. The van der Waals surface area contributed by atoms with E-state index in [0.717, 1.165) is 18.6 Å². The molecule has 0 fully saturated rings. The van der Waals surface area contributed by atoms with Gasteiger partial charge in [0.1, 0.15) is 23.3 Å². The number of ether oxygens (including phenoxy) is 3. The lowest BCUT2D eigenvalue weighted by Crippen LogP contribution is -2.49. The van der Waals surface area contributed by atoms with Crippen molar-refractivity contribution in [2.45, 2.75) is 32.7 Å². The van der Waals surface area contributed by atoms with E-state index in [0.29, 0.717) is 35.2 Å². The summed E-state index contributed by atoms with van der Waals surface area (Å²) in [6.07, 6.45) is 1.54. The molecular weight excluding hydrogens is 432 g/mol. The van der Waals surface area contributed by atoms with Crippen LogP contribution in [-0.4, -0.2) is 45.2 Å². The molecule has 2 N–H and O–H groups in total. The SMILES string of the molecule is COc1cc(OC)cc(C(=O)N[C@H](C(=O)NCCCCOc2ccc(Cl)cc2)C(C)C)c1. The van der Waals surface area contributed by atoms with Crippen molar-refractivity contribution in [3.63, 3.8) is 0 Å². The Morgan fingerprint density at radius 2 is 1.56 bits per heavy atom. The van der Waals surface area contributed by atoms with Crippen molar-refractivity contribution in [2.24, 2.45) is 5.92 Å². The Hall–Kier alpha value is -2.93. The number of carbonyl (C=O) groups is 2. The van der Waals surface area contributed by atoms with Crippen LogP contribution >= 0.6 is 11.6 Å². The molecule has 0 bridgehead atoms. The van der Waals surface area contributed by atoms with Gasteiger partial charge in [0.15, 0.2) is 0 Å². The van der Waals surface area contributed by atoms with Crippen molar-refractivity contribution in [3.05, 3.63) is 53.1 Å². The maximum absolute atomic E-state index is 12.7. The largest absolute Gasteiger partial charge is 0.497 e. The quantitative estimate of drug-likeness (QED) is 0.464. The van der Waals surface area contributed by atoms with Gasteiger partial charge in [-0.3, -0.25) is 9.59 Å². The van der Waals surface area contributed by atoms with E-state index in [9.17, 15) is 9.59 Å². The molecule has 7 nitrogen and oxygen atoms in total. The molecule has 2 aromatic rings. The van der Waals surface area contributed by atoms with E-state index in [4.69, 9.17) is 25.8 Å². The number of hydrogen-bond donors (Lipinski definition) is 2. The van der Waals surface area contributed by atoms with Crippen LogP contribution in [-0.2, 0) is 4.79 Å². The third-order valence-electron chi connectivity index (χ3n) is 4.80. The monoisotopic (exact) mass is 462 g/mol. The van der Waals surface area contributed by atoms with Crippen molar-refractivity contribution in [2.75, 3.05) is 27.4 Å². The van der Waals surface area contributed by atoms with Crippen LogP contribution in [0.25, 0.3) is 0 Å². The lowest BCUT2D eigenvalue weighted by Gasteiger charge is -2.22. The van der Waals surface area contributed by atoms with Crippen LogP contribution in [0.15, 0.2) is 42.5 Å². The highest BCUT2D eigenvalue weighted by atomic mass is 35.5. The average molecular weight is 463 g/mol. The number of hydrogen-bond acceptors (Lipinski definition) is 5. The van der Waals surface area contributed by atoms with Gasteiger partial charge in [0, 0.05) is 23.2 Å². The summed E-state index contributed by atoms with van der Waals surface area (Å²) in [5.74, 6) is 1.09. The molecule has 8 heteroatoms. The highest BCUT2D eigenvalue weighted by Crippen LogP contribution is 2.22. The van der Waals surface area contributed by atoms with Crippen molar-refractivity contribution >= 4 is 23.4 Å². The summed E-state index contributed by atoms with van der Waals surface area (Å²) in [6, 6.07) is 11.4. The molecule has 0 saturated heterocycles. The van der Waals surface area contributed by atoms with Crippen LogP contribution < -0.4 is 24.8 Å². The Balaban J connectivity index is 1.81. The predicted octanol–water partition coefficient (Wildman–Crippen LogP) is 4.09. The van der Waals surface area contributed by atoms with Gasteiger partial charge in [0.05, 0.1) is 20.8 Å². The number of nitrogens with one attached hydrogen (secondary N) is 2. The van der Waals surface area contributed by atoms with Crippen molar-refractivity contribution in [3.8, 4) is 17.2 Å². The first-order valence-electron chi connectivity index (χ1n) is 10.5. The maximum Gasteiger partial charge on any atom is 0.252 e. The molecule has 0 heterocycles. The number of methoxy groups -OCH3 is 2. The Morgan fingerprint density at radius 1 is 0.938 bits per heavy atom. The van der Waals surface area contributed by atoms with E-state index in [1.807, 2.05) is 26.0 Å². The minimum Gasteiger partial charge on any atom is -0.497 e. The normalized spacial score (nSPS) is 11.6. The molecule has 2 aromatic carbocycles. The minimum atomic E-state index is -0.662. The summed E-state index contributed by atoms with van der Waals surface area (Å²) >= 11 is 5.85. The summed E-state index contributed by atoms with van der Waals surface area (Å²) in [4.78, 5) is 25.4. The molecule has 0 saturated carbocycles. The molecule has 0 aliphatic carbocycles. The van der Waals surface area contributed by atoms with Crippen LogP contribution in [0, 0.1) is 5.92 Å². The van der Waals surface area contributed by atoms with Gasteiger partial charge in [-0.1, -0.05) is 25.4 Å². The maximum atomic E-state index is 12.7. The first kappa shape index (κ1) is 25.3. The number of carbonyl (C=O) groups excluding carboxylic acids is 2. The average Bonchev–Trinajstić information content (AvgIpc) is 2.79. The van der Waals surface area contributed by atoms with Crippen molar-refractivity contribution in [1.29, 1.82) is 0 Å². The number of benzene rings is 2. The summed E-state index contributed by atoms with van der Waals surface area (Å²) in [6.45, 7) is 4.81. The van der Waals surface area contributed by atoms with Crippen molar-refractivity contribution in [1.82, 2.24) is 10.6 Å². The van der Waals surface area contributed by atoms with Gasteiger partial charge in [-0.05, 0) is 55.2 Å². The molecule has 0 spiro atoms. The summed E-state index contributed by atoms with van der Waals surface area (Å²) in [7, 11) is 3.03. The first-order chi connectivity index (χ1) is 15.3. The second kappa shape index (κ2) is 12.8. The van der Waals surface area contributed by atoms with Gasteiger partial charge in [-0.15, -0.1) is 0 Å². The minimum absolute atomic E-state index is 0.0836. The van der Waals surface area contributed by atoms with E-state index >= 15 is 0 Å². The van der Waals surface area contributed by atoms with Gasteiger partial charge < -0.3 is 24.8 Å². The van der Waals surface area contributed by atoms with Crippen LogP contribution in [0.4, 0.5) is 0 Å². The van der Waals surface area contributed by atoms with Gasteiger partial charge in [0.25, 0.3) is 5.91 Å². The van der Waals surface area contributed by atoms with Gasteiger partial charge in [-0.2, -0.15) is 0 Å². The van der Waals surface area contributed by atoms with Gasteiger partial charge >= 0.3 is 0 Å². The lowest BCUT2D eigenvalue weighted by molar-refractivity contribution is -0.123. The molecule has 0 unspecified atom stereocenters. The van der Waals surface area contributed by atoms with Crippen LogP contribution in [0.2, 0.25) is 5.02 Å². The summed E-state index contributed by atoms with van der Waals surface area (Å²) in [5.41, 5.74) is 0.360. The molecule has 2 amide bonds. The van der Waals surface area contributed by atoms with Crippen LogP contribution in [0.5, 0.6) is 17.2 Å². The van der Waals surface area contributed by atoms with Crippen LogP contribution in [0.3, 0.4) is 0 Å². The van der Waals surface area contributed by atoms with E-state index in [2.05, 4.69) is 10.6 Å². The fraction of sp³-hybridized carbons (Fsp3) is 0.417. The standard InChI is InChI=1S/C24H31ClN2O5/c1-16(2)22(27-23(28)17-13-20(30-3)15-21(14-17)31-4)24(29)26-11-5-6-12-32-19-9-7-18(25)8-10-19/h7-10,13-16,22H,5-6,11-12H2,1-4H3,(H,26,29)(H,27,28)/t22-/m0/s1. The fourth-order valence-corrected chi connectivity index (χ4v) is 3.09. The summed E-state index contributed by atoms with van der Waals surface area (Å²) < 4.78 is 16.1. The Bertz CT molecular complexity index is 864. The lowest BCUT2D eigenvalue weighted by atomic mass is 10.0. The van der Waals surface area contributed by atoms with Gasteiger partial charge in [-0.25, -0.2) is 0 Å². The molecule has 0 radical (unpaired) electrons. The fourth-order valence-electron chi connectivity index (χ4n) is 2.97. The molecule has 174 valence electrons. The first-order valence-corrected chi connectivity index (χ1v) is 10.9. The summed E-state index contributed by atoms with van der Waals surface area (Å²) in [5, 5.41) is 6.38.